The summed E-state index contributed by atoms with van der Waals surface area (Å²) in [4.78, 5) is 10.3. The summed E-state index contributed by atoms with van der Waals surface area (Å²) in [6, 6.07) is 0. The Hall–Kier alpha value is -0.710. The second-order valence-corrected chi connectivity index (χ2v) is 3.72. The Kier molecular flexibility index (Phi) is 5.53. The monoisotopic (exact) mass is 229 g/mol. The quantitative estimate of drug-likeness (QED) is 0.800. The standard InChI is InChI=1S/C10H16ClN3O/c1-2-3-14(4-5-15)8-9-6-13-10(11)7-12-9/h6-7,15H,2-5,8H2,1H3. The van der Waals surface area contributed by atoms with Gasteiger partial charge in [-0.15, -0.1) is 0 Å². The van der Waals surface area contributed by atoms with Crippen LogP contribution in [0.3, 0.4) is 0 Å². The van der Waals surface area contributed by atoms with E-state index in [1.54, 1.807) is 12.4 Å². The number of aromatic nitrogens is 2. The Labute approximate surface area is 94.9 Å². The third kappa shape index (κ3) is 4.55. The van der Waals surface area contributed by atoms with Crippen LogP contribution in [0.2, 0.25) is 5.15 Å². The zero-order valence-corrected chi connectivity index (χ0v) is 9.61. The smallest absolute Gasteiger partial charge is 0.147 e. The van der Waals surface area contributed by atoms with Crippen molar-refractivity contribution in [2.45, 2.75) is 19.9 Å². The molecule has 0 amide bonds. The highest BCUT2D eigenvalue weighted by molar-refractivity contribution is 6.29. The van der Waals surface area contributed by atoms with Gasteiger partial charge in [0.25, 0.3) is 0 Å². The molecule has 15 heavy (non-hydrogen) atoms. The second-order valence-electron chi connectivity index (χ2n) is 3.33. The molecule has 0 aliphatic heterocycles. The molecule has 1 rings (SSSR count). The van der Waals surface area contributed by atoms with Crippen molar-refractivity contribution in [3.05, 3.63) is 23.2 Å². The molecule has 0 unspecified atom stereocenters. The SMILES string of the molecule is CCCN(CCO)Cc1cnc(Cl)cn1. The number of hydrogen-bond donors (Lipinski definition) is 1. The maximum atomic E-state index is 8.89. The molecule has 1 aromatic rings. The first-order valence-corrected chi connectivity index (χ1v) is 5.43. The van der Waals surface area contributed by atoms with E-state index in [0.29, 0.717) is 18.2 Å². The average Bonchev–Trinajstić information content (AvgIpc) is 2.22. The predicted molar refractivity (Wildman–Crippen MR) is 59.7 cm³/mol. The highest BCUT2D eigenvalue weighted by atomic mass is 35.5. The van der Waals surface area contributed by atoms with Crippen molar-refractivity contribution in [3.8, 4) is 0 Å². The number of halogens is 1. The summed E-state index contributed by atoms with van der Waals surface area (Å²) in [7, 11) is 0. The van der Waals surface area contributed by atoms with Crippen molar-refractivity contribution in [2.75, 3.05) is 19.7 Å². The molecule has 0 saturated carbocycles. The van der Waals surface area contributed by atoms with E-state index in [1.165, 1.54) is 0 Å². The van der Waals surface area contributed by atoms with E-state index in [2.05, 4.69) is 21.8 Å². The van der Waals surface area contributed by atoms with E-state index in [-0.39, 0.29) is 6.61 Å². The van der Waals surface area contributed by atoms with Crippen LogP contribution in [-0.4, -0.2) is 39.7 Å². The summed E-state index contributed by atoms with van der Waals surface area (Å²) in [5.41, 5.74) is 0.876. The van der Waals surface area contributed by atoms with Crippen LogP contribution in [0.5, 0.6) is 0 Å². The first kappa shape index (κ1) is 12.4. The van der Waals surface area contributed by atoms with E-state index in [4.69, 9.17) is 16.7 Å². The first-order valence-electron chi connectivity index (χ1n) is 5.06. The highest BCUT2D eigenvalue weighted by Gasteiger charge is 2.05. The van der Waals surface area contributed by atoms with Gasteiger partial charge in [0.1, 0.15) is 5.15 Å². The lowest BCUT2D eigenvalue weighted by Crippen LogP contribution is -2.27. The van der Waals surface area contributed by atoms with Gasteiger partial charge in [0.2, 0.25) is 0 Å². The Balaban J connectivity index is 2.53. The summed E-state index contributed by atoms with van der Waals surface area (Å²) < 4.78 is 0. The van der Waals surface area contributed by atoms with Crippen molar-refractivity contribution in [1.29, 1.82) is 0 Å². The molecule has 5 heteroatoms. The van der Waals surface area contributed by atoms with E-state index < -0.39 is 0 Å². The fraction of sp³-hybridized carbons (Fsp3) is 0.600. The topological polar surface area (TPSA) is 49.2 Å². The van der Waals surface area contributed by atoms with Crippen LogP contribution < -0.4 is 0 Å². The molecule has 4 nitrogen and oxygen atoms in total. The molecule has 0 aliphatic carbocycles. The van der Waals surface area contributed by atoms with Gasteiger partial charge in [-0.1, -0.05) is 18.5 Å². The molecule has 0 aromatic carbocycles. The summed E-state index contributed by atoms with van der Waals surface area (Å²) in [5, 5.41) is 9.29. The second kappa shape index (κ2) is 6.71. The minimum atomic E-state index is 0.168. The molecule has 0 spiro atoms. The van der Waals surface area contributed by atoms with Gasteiger partial charge in [-0.2, -0.15) is 0 Å². The summed E-state index contributed by atoms with van der Waals surface area (Å²) >= 11 is 5.64. The molecular weight excluding hydrogens is 214 g/mol. The van der Waals surface area contributed by atoms with Crippen molar-refractivity contribution in [3.63, 3.8) is 0 Å². The largest absolute Gasteiger partial charge is 0.395 e. The van der Waals surface area contributed by atoms with Crippen molar-refractivity contribution in [1.82, 2.24) is 14.9 Å². The van der Waals surface area contributed by atoms with Gasteiger partial charge >= 0.3 is 0 Å². The van der Waals surface area contributed by atoms with Gasteiger partial charge in [-0.05, 0) is 13.0 Å². The van der Waals surface area contributed by atoms with E-state index in [0.717, 1.165) is 18.7 Å². The van der Waals surface area contributed by atoms with Crippen LogP contribution in [0.15, 0.2) is 12.4 Å². The van der Waals surface area contributed by atoms with E-state index >= 15 is 0 Å². The summed E-state index contributed by atoms with van der Waals surface area (Å²) in [5.74, 6) is 0. The number of rotatable bonds is 6. The normalized spacial score (nSPS) is 10.9. The van der Waals surface area contributed by atoms with E-state index in [9.17, 15) is 0 Å². The van der Waals surface area contributed by atoms with Gasteiger partial charge < -0.3 is 5.11 Å². The number of nitrogens with zero attached hydrogens (tertiary/aromatic N) is 3. The molecule has 1 N–H and O–H groups in total. The van der Waals surface area contributed by atoms with Crippen LogP contribution in [0.25, 0.3) is 0 Å². The molecule has 84 valence electrons. The molecule has 0 atom stereocenters. The molecule has 1 aromatic heterocycles. The van der Waals surface area contributed by atoms with E-state index in [1.807, 2.05) is 0 Å². The first-order chi connectivity index (χ1) is 7.26. The van der Waals surface area contributed by atoms with Crippen LogP contribution in [-0.2, 0) is 6.54 Å². The number of hydrogen-bond acceptors (Lipinski definition) is 4. The van der Waals surface area contributed by atoms with Crippen LogP contribution in [0, 0.1) is 0 Å². The van der Waals surface area contributed by atoms with Gasteiger partial charge in [-0.25, -0.2) is 4.98 Å². The number of aliphatic hydroxyl groups excluding tert-OH is 1. The Morgan fingerprint density at radius 1 is 1.33 bits per heavy atom. The van der Waals surface area contributed by atoms with Crippen molar-refractivity contribution < 1.29 is 5.11 Å². The lowest BCUT2D eigenvalue weighted by atomic mass is 10.3. The molecule has 0 aliphatic rings. The van der Waals surface area contributed by atoms with Crippen molar-refractivity contribution in [2.24, 2.45) is 0 Å². The molecule has 0 fully saturated rings. The maximum absolute atomic E-state index is 8.89. The third-order valence-corrected chi connectivity index (χ3v) is 2.21. The zero-order valence-electron chi connectivity index (χ0n) is 8.86. The molecule has 0 radical (unpaired) electrons. The molecular formula is C10H16ClN3O. The van der Waals surface area contributed by atoms with Gasteiger partial charge in [0, 0.05) is 13.1 Å². The fourth-order valence-corrected chi connectivity index (χ4v) is 1.47. The van der Waals surface area contributed by atoms with Crippen LogP contribution in [0.1, 0.15) is 19.0 Å². The highest BCUT2D eigenvalue weighted by Crippen LogP contribution is 2.04. The molecule has 0 saturated heterocycles. The summed E-state index contributed by atoms with van der Waals surface area (Å²) in [6.07, 6.45) is 4.27. The van der Waals surface area contributed by atoms with Gasteiger partial charge in [0.05, 0.1) is 24.7 Å². The lowest BCUT2D eigenvalue weighted by molar-refractivity contribution is 0.189. The zero-order chi connectivity index (χ0) is 11.1. The number of aliphatic hydroxyl groups is 1. The molecule has 1 heterocycles. The third-order valence-electron chi connectivity index (χ3n) is 2.02. The molecule has 0 bridgehead atoms. The van der Waals surface area contributed by atoms with Crippen LogP contribution >= 0.6 is 11.6 Å². The minimum absolute atomic E-state index is 0.168. The van der Waals surface area contributed by atoms with Gasteiger partial charge in [0.15, 0.2) is 0 Å². The maximum Gasteiger partial charge on any atom is 0.147 e. The van der Waals surface area contributed by atoms with Crippen LogP contribution in [0.4, 0.5) is 0 Å². The fourth-order valence-electron chi connectivity index (χ4n) is 1.38. The average molecular weight is 230 g/mol. The Morgan fingerprint density at radius 2 is 2.13 bits per heavy atom. The summed E-state index contributed by atoms with van der Waals surface area (Å²) in [6.45, 7) is 4.60. The Morgan fingerprint density at radius 3 is 2.67 bits per heavy atom. The van der Waals surface area contributed by atoms with Crippen molar-refractivity contribution >= 4 is 11.6 Å². The predicted octanol–water partition coefficient (Wildman–Crippen LogP) is 1.33. The lowest BCUT2D eigenvalue weighted by Gasteiger charge is -2.19. The Bertz CT molecular complexity index is 273. The van der Waals surface area contributed by atoms with Gasteiger partial charge in [-0.3, -0.25) is 9.88 Å². The minimum Gasteiger partial charge on any atom is -0.395 e.